The maximum atomic E-state index is 9.72. The Morgan fingerprint density at radius 3 is 3.00 bits per heavy atom. The van der Waals surface area contributed by atoms with Crippen molar-refractivity contribution in [3.8, 4) is 11.5 Å². The van der Waals surface area contributed by atoms with Crippen molar-refractivity contribution in [3.63, 3.8) is 0 Å². The van der Waals surface area contributed by atoms with Crippen LogP contribution in [0.1, 0.15) is 25.3 Å². The van der Waals surface area contributed by atoms with Crippen molar-refractivity contribution < 1.29 is 9.84 Å². The van der Waals surface area contributed by atoms with Gasteiger partial charge in [-0.2, -0.15) is 0 Å². The molecule has 0 amide bonds. The fraction of sp³-hybridized carbons (Fsp3) is 0.600. The van der Waals surface area contributed by atoms with Gasteiger partial charge in [-0.1, -0.05) is 13.0 Å². The highest BCUT2D eigenvalue weighted by Gasteiger charge is 2.21. The van der Waals surface area contributed by atoms with Crippen LogP contribution in [0.4, 0.5) is 0 Å². The molecule has 1 aromatic rings. The van der Waals surface area contributed by atoms with Gasteiger partial charge in [0.25, 0.3) is 0 Å². The second-order valence-corrected chi connectivity index (χ2v) is 5.06. The largest absolute Gasteiger partial charge is 0.504 e. The van der Waals surface area contributed by atoms with Crippen molar-refractivity contribution in [2.24, 2.45) is 0 Å². The first-order chi connectivity index (χ1) is 9.24. The number of nitrogens with zero attached hydrogens (tertiary/aromatic N) is 1. The highest BCUT2D eigenvalue weighted by molar-refractivity contribution is 5.41. The lowest BCUT2D eigenvalue weighted by Gasteiger charge is -2.23. The highest BCUT2D eigenvalue weighted by atomic mass is 16.5. The van der Waals surface area contributed by atoms with Gasteiger partial charge in [-0.3, -0.25) is 4.90 Å². The van der Waals surface area contributed by atoms with Gasteiger partial charge >= 0.3 is 0 Å². The second kappa shape index (κ2) is 6.78. The molecular formula is C15H24N2O2. The average molecular weight is 264 g/mol. The maximum absolute atomic E-state index is 9.72. The van der Waals surface area contributed by atoms with E-state index in [1.165, 1.54) is 19.4 Å². The summed E-state index contributed by atoms with van der Waals surface area (Å²) in [6.07, 6.45) is 2.60. The number of likely N-dealkylation sites (tertiary alicyclic amines) is 1. The molecule has 1 heterocycles. The van der Waals surface area contributed by atoms with Crippen LogP contribution >= 0.6 is 0 Å². The van der Waals surface area contributed by atoms with E-state index < -0.39 is 0 Å². The molecule has 1 aromatic carbocycles. The Morgan fingerprint density at radius 2 is 2.32 bits per heavy atom. The molecule has 0 spiro atoms. The molecule has 19 heavy (non-hydrogen) atoms. The van der Waals surface area contributed by atoms with E-state index in [1.54, 1.807) is 19.2 Å². The number of likely N-dealkylation sites (N-methyl/N-ethyl adjacent to an activating group) is 1. The third-order valence-electron chi connectivity index (χ3n) is 3.86. The quantitative estimate of drug-likeness (QED) is 0.824. The van der Waals surface area contributed by atoms with Crippen LogP contribution in [0.5, 0.6) is 11.5 Å². The van der Waals surface area contributed by atoms with Gasteiger partial charge in [0.15, 0.2) is 11.5 Å². The van der Waals surface area contributed by atoms with Crippen LogP contribution in [0.2, 0.25) is 0 Å². The predicted octanol–water partition coefficient (Wildman–Crippen LogP) is 1.97. The fourth-order valence-corrected chi connectivity index (χ4v) is 2.77. The number of rotatable bonds is 6. The van der Waals surface area contributed by atoms with Gasteiger partial charge in [0.2, 0.25) is 0 Å². The topological polar surface area (TPSA) is 44.7 Å². The Bertz CT molecular complexity index is 409. The molecule has 1 unspecified atom stereocenters. The molecule has 0 aromatic heterocycles. The number of hydrogen-bond donors (Lipinski definition) is 2. The van der Waals surface area contributed by atoms with E-state index in [0.29, 0.717) is 11.8 Å². The third-order valence-corrected chi connectivity index (χ3v) is 3.86. The molecule has 0 bridgehead atoms. The first kappa shape index (κ1) is 14.2. The Hall–Kier alpha value is -1.26. The Morgan fingerprint density at radius 1 is 1.47 bits per heavy atom. The lowest BCUT2D eigenvalue weighted by Crippen LogP contribution is -2.37. The molecule has 2 N–H and O–H groups in total. The van der Waals surface area contributed by atoms with Crippen molar-refractivity contribution in [1.82, 2.24) is 10.2 Å². The molecule has 1 saturated heterocycles. The SMILES string of the molecule is CCN1CCCC1CNCc1ccc(OC)c(O)c1. The van der Waals surface area contributed by atoms with Gasteiger partial charge in [-0.25, -0.2) is 0 Å². The third kappa shape index (κ3) is 3.61. The molecule has 1 fully saturated rings. The normalized spacial score (nSPS) is 19.8. The van der Waals surface area contributed by atoms with Gasteiger partial charge in [0, 0.05) is 19.1 Å². The minimum Gasteiger partial charge on any atom is -0.504 e. The number of benzene rings is 1. The summed E-state index contributed by atoms with van der Waals surface area (Å²) in [4.78, 5) is 2.53. The number of hydrogen-bond acceptors (Lipinski definition) is 4. The minimum atomic E-state index is 0.206. The Kier molecular flexibility index (Phi) is 5.05. The van der Waals surface area contributed by atoms with Gasteiger partial charge in [0.1, 0.15) is 0 Å². The zero-order chi connectivity index (χ0) is 13.7. The highest BCUT2D eigenvalue weighted by Crippen LogP contribution is 2.26. The predicted molar refractivity (Wildman–Crippen MR) is 76.6 cm³/mol. The van der Waals surface area contributed by atoms with Crippen molar-refractivity contribution in [2.45, 2.75) is 32.4 Å². The number of ether oxygens (including phenoxy) is 1. The van der Waals surface area contributed by atoms with Crippen molar-refractivity contribution in [2.75, 3.05) is 26.7 Å². The molecule has 1 aliphatic rings. The number of phenolic OH excluding ortho intramolecular Hbond substituents is 1. The summed E-state index contributed by atoms with van der Waals surface area (Å²) in [7, 11) is 1.56. The summed E-state index contributed by atoms with van der Waals surface area (Å²) < 4.78 is 5.04. The van der Waals surface area contributed by atoms with E-state index in [-0.39, 0.29) is 5.75 Å². The van der Waals surface area contributed by atoms with Crippen LogP contribution in [0, 0.1) is 0 Å². The fourth-order valence-electron chi connectivity index (χ4n) is 2.77. The van der Waals surface area contributed by atoms with E-state index >= 15 is 0 Å². The van der Waals surface area contributed by atoms with Crippen molar-refractivity contribution in [3.05, 3.63) is 23.8 Å². The lowest BCUT2D eigenvalue weighted by atomic mass is 10.2. The van der Waals surface area contributed by atoms with Gasteiger partial charge in [-0.15, -0.1) is 0 Å². The molecule has 0 saturated carbocycles. The molecule has 0 aliphatic carbocycles. The standard InChI is InChI=1S/C15H24N2O2/c1-3-17-8-4-5-13(17)11-16-10-12-6-7-15(19-2)14(18)9-12/h6-7,9,13,16,18H,3-5,8,10-11H2,1-2H3. The van der Waals surface area contributed by atoms with E-state index in [2.05, 4.69) is 17.1 Å². The summed E-state index contributed by atoms with van der Waals surface area (Å²) in [5, 5.41) is 13.2. The average Bonchev–Trinajstić information content (AvgIpc) is 2.86. The number of phenols is 1. The van der Waals surface area contributed by atoms with Crippen molar-refractivity contribution in [1.29, 1.82) is 0 Å². The summed E-state index contributed by atoms with van der Waals surface area (Å²) >= 11 is 0. The Labute approximate surface area is 115 Å². The summed E-state index contributed by atoms with van der Waals surface area (Å²) in [5.74, 6) is 0.731. The van der Waals surface area contributed by atoms with Gasteiger partial charge in [-0.05, 0) is 43.6 Å². The molecular weight excluding hydrogens is 240 g/mol. The lowest BCUT2D eigenvalue weighted by molar-refractivity contribution is 0.260. The first-order valence-electron chi connectivity index (χ1n) is 7.05. The van der Waals surface area contributed by atoms with Crippen LogP contribution in [0.25, 0.3) is 0 Å². The molecule has 1 atom stereocenters. The summed E-state index contributed by atoms with van der Waals surface area (Å²) in [5.41, 5.74) is 1.08. The van der Waals surface area contributed by atoms with Crippen LogP contribution in [-0.2, 0) is 6.54 Å². The van der Waals surface area contributed by atoms with Crippen LogP contribution < -0.4 is 10.1 Å². The number of nitrogens with one attached hydrogen (secondary N) is 1. The zero-order valence-electron chi connectivity index (χ0n) is 11.9. The second-order valence-electron chi connectivity index (χ2n) is 5.06. The van der Waals surface area contributed by atoms with E-state index in [4.69, 9.17) is 4.74 Å². The summed E-state index contributed by atoms with van der Waals surface area (Å²) in [6, 6.07) is 6.22. The first-order valence-corrected chi connectivity index (χ1v) is 7.05. The monoisotopic (exact) mass is 264 g/mol. The van der Waals surface area contributed by atoms with Gasteiger partial charge in [0.05, 0.1) is 7.11 Å². The number of aromatic hydroxyl groups is 1. The molecule has 4 nitrogen and oxygen atoms in total. The van der Waals surface area contributed by atoms with Crippen LogP contribution in [-0.4, -0.2) is 42.8 Å². The van der Waals surface area contributed by atoms with Crippen molar-refractivity contribution >= 4 is 0 Å². The molecule has 0 radical (unpaired) electrons. The van der Waals surface area contributed by atoms with Gasteiger partial charge < -0.3 is 15.2 Å². The minimum absolute atomic E-state index is 0.206. The zero-order valence-corrected chi connectivity index (χ0v) is 11.9. The summed E-state index contributed by atoms with van der Waals surface area (Å²) in [6.45, 7) is 6.38. The Balaban J connectivity index is 1.81. The molecule has 2 rings (SSSR count). The van der Waals surface area contributed by atoms with E-state index in [1.807, 2.05) is 6.07 Å². The van der Waals surface area contributed by atoms with Crippen LogP contribution in [0.3, 0.4) is 0 Å². The van der Waals surface area contributed by atoms with Crippen LogP contribution in [0.15, 0.2) is 18.2 Å². The number of methoxy groups -OCH3 is 1. The molecule has 4 heteroatoms. The maximum Gasteiger partial charge on any atom is 0.160 e. The molecule has 106 valence electrons. The molecule has 1 aliphatic heterocycles. The van der Waals surface area contributed by atoms with E-state index in [0.717, 1.165) is 25.2 Å². The van der Waals surface area contributed by atoms with E-state index in [9.17, 15) is 5.11 Å². The smallest absolute Gasteiger partial charge is 0.160 e.